The van der Waals surface area contributed by atoms with E-state index in [9.17, 15) is 0 Å². The molecule has 0 spiro atoms. The molecule has 0 fully saturated rings. The zero-order valence-electron chi connectivity index (χ0n) is 12.2. The van der Waals surface area contributed by atoms with Crippen molar-refractivity contribution < 1.29 is 32.7 Å². The predicted octanol–water partition coefficient (Wildman–Crippen LogP) is 5.25. The fraction of sp³-hybridized carbons (Fsp3) is 0.533. The topological polar surface area (TPSA) is 0 Å². The van der Waals surface area contributed by atoms with Crippen molar-refractivity contribution in [2.75, 3.05) is 0 Å². The molecule has 0 saturated carbocycles. The first-order valence-corrected chi connectivity index (χ1v) is 5.71. The summed E-state index contributed by atoms with van der Waals surface area (Å²) in [6, 6.07) is 9.15. The van der Waals surface area contributed by atoms with Gasteiger partial charge in [0.1, 0.15) is 0 Å². The number of benzene rings is 1. The van der Waals surface area contributed by atoms with Gasteiger partial charge in [-0.15, -0.1) is 0 Å². The largest absolute Gasteiger partial charge is 0.358 e. The summed E-state index contributed by atoms with van der Waals surface area (Å²) in [5.41, 5.74) is 2.77. The van der Waals surface area contributed by atoms with Crippen molar-refractivity contribution in [3.05, 3.63) is 42.8 Å². The van der Waals surface area contributed by atoms with Gasteiger partial charge < -0.3 is 7.43 Å². The molecule has 1 rings (SSSR count). The number of hydrogen-bond acceptors (Lipinski definition) is 0. The number of hydrogen-bond donors (Lipinski definition) is 0. The van der Waals surface area contributed by atoms with Crippen molar-refractivity contribution >= 4 is 0 Å². The molecule has 0 nitrogen and oxygen atoms in total. The van der Waals surface area contributed by atoms with Crippen LogP contribution in [0, 0.1) is 20.4 Å². The quantitative estimate of drug-likeness (QED) is 0.621. The Balaban J connectivity index is -0.0000000907. The van der Waals surface area contributed by atoms with Gasteiger partial charge in [-0.25, -0.2) is 0 Å². The zero-order valence-corrected chi connectivity index (χ0v) is 15.1. The second kappa shape index (κ2) is 20.7. The van der Waals surface area contributed by atoms with Gasteiger partial charge >= 0.3 is 0 Å². The van der Waals surface area contributed by atoms with Gasteiger partial charge in [0.25, 0.3) is 0 Å². The first kappa shape index (κ1) is 25.2. The van der Waals surface area contributed by atoms with Gasteiger partial charge in [-0.2, -0.15) is 35.4 Å². The summed E-state index contributed by atoms with van der Waals surface area (Å²) in [5.74, 6) is 0. The van der Waals surface area contributed by atoms with E-state index in [1.807, 2.05) is 26.0 Å². The van der Waals surface area contributed by atoms with Crippen molar-refractivity contribution in [3.8, 4) is 0 Å². The van der Waals surface area contributed by atoms with Gasteiger partial charge in [-0.05, 0) is 0 Å². The Hall–Kier alpha value is 0.324. The molecule has 0 atom stereocenters. The molecule has 0 aliphatic heterocycles. The summed E-state index contributed by atoms with van der Waals surface area (Å²) >= 11 is 0. The van der Waals surface area contributed by atoms with Crippen LogP contribution in [0.5, 0.6) is 0 Å². The predicted molar refractivity (Wildman–Crippen MR) is 73.1 cm³/mol. The van der Waals surface area contributed by atoms with Crippen LogP contribution in [0.2, 0.25) is 0 Å². The Bertz CT molecular complexity index is 206. The van der Waals surface area contributed by atoms with Crippen LogP contribution in [0.15, 0.2) is 18.2 Å². The van der Waals surface area contributed by atoms with Gasteiger partial charge in [0.05, 0.1) is 0 Å². The van der Waals surface area contributed by atoms with Crippen molar-refractivity contribution in [1.82, 2.24) is 0 Å². The normalized spacial score (nSPS) is 6.88. The maximum absolute atomic E-state index is 3.04. The molecule has 0 unspecified atom stereocenters. The molecular weight excluding hydrogens is 269 g/mol. The van der Waals surface area contributed by atoms with E-state index in [0.29, 0.717) is 0 Å². The van der Waals surface area contributed by atoms with E-state index in [1.54, 1.807) is 0 Å². The third-order valence-electron chi connectivity index (χ3n) is 1.57. The van der Waals surface area contributed by atoms with Gasteiger partial charge in [0.2, 0.25) is 0 Å². The maximum atomic E-state index is 3.04. The monoisotopic (exact) mass is 297 g/mol. The van der Waals surface area contributed by atoms with Gasteiger partial charge in [0.15, 0.2) is 0 Å². The minimum absolute atomic E-state index is 0. The molecule has 1 radical (unpaired) electrons. The summed E-state index contributed by atoms with van der Waals surface area (Å²) in [6.07, 6.45) is 2.38. The van der Waals surface area contributed by atoms with Crippen molar-refractivity contribution in [3.63, 3.8) is 0 Å². The van der Waals surface area contributed by atoms with Crippen LogP contribution < -0.4 is 0 Å². The number of aryl methyl sites for hydroxylation is 2. The van der Waals surface area contributed by atoms with Crippen LogP contribution in [0.25, 0.3) is 0 Å². The zero-order chi connectivity index (χ0) is 11.4. The first-order chi connectivity index (χ1) is 6.76. The van der Waals surface area contributed by atoms with Crippen LogP contribution in [-0.4, -0.2) is 0 Å². The molecule has 0 aliphatic carbocycles. The van der Waals surface area contributed by atoms with E-state index in [1.165, 1.54) is 17.5 Å². The molecule has 1 aromatic carbocycles. The molecule has 1 heteroatoms. The average Bonchev–Trinajstić information content (AvgIpc) is 2.23. The van der Waals surface area contributed by atoms with Gasteiger partial charge in [0, 0.05) is 32.7 Å². The van der Waals surface area contributed by atoms with Crippen molar-refractivity contribution in [1.29, 1.82) is 0 Å². The maximum Gasteiger partial charge on any atom is 0 e. The molecule has 0 amide bonds. The van der Waals surface area contributed by atoms with Crippen LogP contribution in [0.1, 0.15) is 52.2 Å². The average molecular weight is 297 g/mol. The molecule has 16 heavy (non-hydrogen) atoms. The Morgan fingerprint density at radius 2 is 1.56 bits per heavy atom. The summed E-state index contributed by atoms with van der Waals surface area (Å²) in [5, 5.41) is 0. The number of rotatable bonds is 1. The molecule has 0 N–H and O–H groups in total. The van der Waals surface area contributed by atoms with E-state index < -0.39 is 0 Å². The van der Waals surface area contributed by atoms with Crippen molar-refractivity contribution in [2.24, 2.45) is 0 Å². The van der Waals surface area contributed by atoms with Crippen LogP contribution in [0.4, 0.5) is 0 Å². The Morgan fingerprint density at radius 1 is 1.12 bits per heavy atom. The minimum Gasteiger partial charge on any atom is -0.358 e. The molecule has 0 aliphatic rings. The Labute approximate surface area is 129 Å². The van der Waals surface area contributed by atoms with E-state index in [-0.39, 0.29) is 40.1 Å². The van der Waals surface area contributed by atoms with Crippen LogP contribution in [0.3, 0.4) is 0 Å². The Kier molecular flexibility index (Phi) is 32.7. The minimum atomic E-state index is 0. The third-order valence-corrected chi connectivity index (χ3v) is 1.57. The summed E-state index contributed by atoms with van der Waals surface area (Å²) in [4.78, 5) is 0. The standard InChI is InChI=1S/C9H11.C3H8.C2H6.CH3.Y/c1-3-9-7-5-4-6-8(9)2;1-3-2;1-2;;/h5-7H,3H2,1-2H3;3H2,1-2H3;1-2H3;1H3;/q-1;;;-1;. The van der Waals surface area contributed by atoms with E-state index >= 15 is 0 Å². The Morgan fingerprint density at radius 3 is 1.81 bits per heavy atom. The fourth-order valence-electron chi connectivity index (χ4n) is 0.943. The second-order valence-electron chi connectivity index (χ2n) is 2.91. The second-order valence-corrected chi connectivity index (χ2v) is 2.91. The van der Waals surface area contributed by atoms with Gasteiger partial charge in [-0.1, -0.05) is 54.4 Å². The molecule has 1 aromatic rings. The molecule has 0 heterocycles. The van der Waals surface area contributed by atoms with Crippen molar-refractivity contribution in [2.45, 2.75) is 54.4 Å². The summed E-state index contributed by atoms with van der Waals surface area (Å²) in [7, 11) is 0. The summed E-state index contributed by atoms with van der Waals surface area (Å²) < 4.78 is 0. The van der Waals surface area contributed by atoms with E-state index in [2.05, 4.69) is 39.8 Å². The smallest absolute Gasteiger partial charge is 0 e. The van der Waals surface area contributed by atoms with E-state index in [0.717, 1.165) is 6.42 Å². The third kappa shape index (κ3) is 14.3. The van der Waals surface area contributed by atoms with Gasteiger partial charge in [-0.3, -0.25) is 0 Å². The van der Waals surface area contributed by atoms with E-state index in [4.69, 9.17) is 0 Å². The SMILES string of the molecule is CC.CCC.CCc1cc[c-]cc1C.[CH3-].[Y]. The molecular formula is C15H28Y-2. The first-order valence-electron chi connectivity index (χ1n) is 5.71. The van der Waals surface area contributed by atoms with Crippen LogP contribution in [-0.2, 0) is 39.1 Å². The summed E-state index contributed by atoms with van der Waals surface area (Å²) in [6.45, 7) is 12.5. The molecule has 0 aromatic heterocycles. The molecule has 0 bridgehead atoms. The van der Waals surface area contributed by atoms with Crippen LogP contribution >= 0.6 is 0 Å². The molecule has 0 saturated heterocycles. The fourth-order valence-corrected chi connectivity index (χ4v) is 0.943. The molecule has 93 valence electrons.